The predicted molar refractivity (Wildman–Crippen MR) is 130 cm³/mol. The first-order valence-corrected chi connectivity index (χ1v) is 10.8. The molecule has 0 N–H and O–H groups in total. The fourth-order valence-corrected chi connectivity index (χ4v) is 4.10. The molecular formula is C28H19N3O3. The third-order valence-corrected chi connectivity index (χ3v) is 5.80. The molecule has 0 bridgehead atoms. The quantitative estimate of drug-likeness (QED) is 0.302. The van der Waals surface area contributed by atoms with Crippen LogP contribution in [0.5, 0.6) is 5.75 Å². The van der Waals surface area contributed by atoms with Crippen molar-refractivity contribution in [2.24, 2.45) is 0 Å². The number of furan rings is 1. The van der Waals surface area contributed by atoms with Crippen molar-refractivity contribution < 1.29 is 13.9 Å². The van der Waals surface area contributed by atoms with Crippen molar-refractivity contribution in [3.63, 3.8) is 0 Å². The van der Waals surface area contributed by atoms with Crippen molar-refractivity contribution in [1.29, 1.82) is 0 Å². The molecule has 0 saturated heterocycles. The number of methoxy groups -OCH3 is 1. The molecule has 3 heterocycles. The molecule has 3 aromatic heterocycles. The van der Waals surface area contributed by atoms with E-state index in [4.69, 9.17) is 14.1 Å². The lowest BCUT2D eigenvalue weighted by molar-refractivity contribution is 0.101. The fraction of sp³-hybridized carbons (Fsp3) is 0.0357. The Bertz CT molecular complexity index is 1650. The van der Waals surface area contributed by atoms with Crippen molar-refractivity contribution in [1.82, 2.24) is 14.6 Å². The van der Waals surface area contributed by atoms with Gasteiger partial charge in [-0.15, -0.1) is 0 Å². The average Bonchev–Trinajstić information content (AvgIpc) is 3.50. The van der Waals surface area contributed by atoms with Gasteiger partial charge in [-0.25, -0.2) is 9.50 Å². The Morgan fingerprint density at radius 2 is 1.65 bits per heavy atom. The second kappa shape index (κ2) is 8.01. The molecule has 0 fully saturated rings. The average molecular weight is 445 g/mol. The molecule has 6 nitrogen and oxygen atoms in total. The summed E-state index contributed by atoms with van der Waals surface area (Å²) in [5.41, 5.74) is 4.97. The maximum absolute atomic E-state index is 13.4. The smallest absolute Gasteiger partial charge is 0.228 e. The molecule has 0 atom stereocenters. The summed E-state index contributed by atoms with van der Waals surface area (Å²) in [4.78, 5) is 18.2. The zero-order chi connectivity index (χ0) is 23.1. The SMILES string of the molecule is COc1ccc(-c2cc3nc(-c4c(C(=O)c5ccccc5)oc5ccccc45)ccn3n2)cc1. The molecule has 3 aromatic carbocycles. The van der Waals surface area contributed by atoms with E-state index in [2.05, 4.69) is 5.10 Å². The van der Waals surface area contributed by atoms with E-state index in [1.165, 1.54) is 0 Å². The summed E-state index contributed by atoms with van der Waals surface area (Å²) < 4.78 is 13.0. The number of para-hydroxylation sites is 1. The molecule has 0 aliphatic rings. The van der Waals surface area contributed by atoms with E-state index in [0.29, 0.717) is 28.1 Å². The second-order valence-corrected chi connectivity index (χ2v) is 7.87. The van der Waals surface area contributed by atoms with Crippen LogP contribution in [0.4, 0.5) is 0 Å². The van der Waals surface area contributed by atoms with Crippen molar-refractivity contribution in [3.05, 3.63) is 109 Å². The first-order chi connectivity index (χ1) is 16.7. The number of nitrogens with zero attached hydrogens (tertiary/aromatic N) is 3. The van der Waals surface area contributed by atoms with Gasteiger partial charge in [-0.05, 0) is 36.4 Å². The van der Waals surface area contributed by atoms with Gasteiger partial charge in [-0.1, -0.05) is 48.5 Å². The van der Waals surface area contributed by atoms with E-state index in [-0.39, 0.29) is 11.5 Å². The lowest BCUT2D eigenvalue weighted by Crippen LogP contribution is -2.02. The minimum Gasteiger partial charge on any atom is -0.497 e. The highest BCUT2D eigenvalue weighted by atomic mass is 16.5. The van der Waals surface area contributed by atoms with Gasteiger partial charge >= 0.3 is 0 Å². The lowest BCUT2D eigenvalue weighted by atomic mass is 10.0. The molecule has 0 aliphatic heterocycles. The van der Waals surface area contributed by atoms with Crippen LogP contribution in [0.1, 0.15) is 16.1 Å². The van der Waals surface area contributed by atoms with E-state index in [9.17, 15) is 4.79 Å². The summed E-state index contributed by atoms with van der Waals surface area (Å²) in [5, 5.41) is 5.49. The molecule has 164 valence electrons. The molecule has 0 aliphatic carbocycles. The number of fused-ring (bicyclic) bond motifs is 2. The minimum absolute atomic E-state index is 0.180. The first kappa shape index (κ1) is 19.9. The van der Waals surface area contributed by atoms with Crippen LogP contribution in [0.15, 0.2) is 102 Å². The Morgan fingerprint density at radius 1 is 0.882 bits per heavy atom. The summed E-state index contributed by atoms with van der Waals surface area (Å²) >= 11 is 0. The molecular weight excluding hydrogens is 426 g/mol. The number of carbonyl (C=O) groups excluding carboxylic acids is 1. The number of carbonyl (C=O) groups is 1. The van der Waals surface area contributed by atoms with Gasteiger partial charge in [0.15, 0.2) is 11.4 Å². The van der Waals surface area contributed by atoms with E-state index in [0.717, 1.165) is 22.4 Å². The van der Waals surface area contributed by atoms with Crippen molar-refractivity contribution >= 4 is 22.4 Å². The zero-order valence-electron chi connectivity index (χ0n) is 18.3. The van der Waals surface area contributed by atoms with Crippen LogP contribution >= 0.6 is 0 Å². The number of rotatable bonds is 5. The second-order valence-electron chi connectivity index (χ2n) is 7.87. The summed E-state index contributed by atoms with van der Waals surface area (Å²) in [6, 6.07) is 28.3. The number of benzene rings is 3. The topological polar surface area (TPSA) is 69.6 Å². The largest absolute Gasteiger partial charge is 0.497 e. The molecule has 6 heteroatoms. The number of hydrogen-bond donors (Lipinski definition) is 0. The number of hydrogen-bond acceptors (Lipinski definition) is 5. The van der Waals surface area contributed by atoms with Crippen LogP contribution in [0, 0.1) is 0 Å². The van der Waals surface area contributed by atoms with Crippen LogP contribution in [0.25, 0.3) is 39.1 Å². The maximum atomic E-state index is 13.4. The molecule has 0 saturated carbocycles. The van der Waals surface area contributed by atoms with E-state index < -0.39 is 0 Å². The number of ether oxygens (including phenoxy) is 1. The fourth-order valence-electron chi connectivity index (χ4n) is 4.10. The van der Waals surface area contributed by atoms with E-state index in [1.807, 2.05) is 85.1 Å². The van der Waals surface area contributed by atoms with Crippen molar-refractivity contribution in [2.45, 2.75) is 0 Å². The van der Waals surface area contributed by atoms with E-state index >= 15 is 0 Å². The van der Waals surface area contributed by atoms with Gasteiger partial charge in [0.2, 0.25) is 5.78 Å². The van der Waals surface area contributed by atoms with Crippen molar-refractivity contribution in [3.8, 4) is 28.3 Å². The van der Waals surface area contributed by atoms with E-state index in [1.54, 1.807) is 23.8 Å². The highest BCUT2D eigenvalue weighted by Crippen LogP contribution is 2.35. The molecule has 6 aromatic rings. The Kier molecular flexibility index (Phi) is 4.70. The molecule has 0 spiro atoms. The van der Waals surface area contributed by atoms with Gasteiger partial charge in [-0.2, -0.15) is 5.10 Å². The lowest BCUT2D eigenvalue weighted by Gasteiger charge is -2.03. The van der Waals surface area contributed by atoms with Crippen LogP contribution in [0.3, 0.4) is 0 Å². The highest BCUT2D eigenvalue weighted by molar-refractivity contribution is 6.15. The third-order valence-electron chi connectivity index (χ3n) is 5.80. The van der Waals surface area contributed by atoms with Crippen LogP contribution in [-0.2, 0) is 0 Å². The van der Waals surface area contributed by atoms with Crippen molar-refractivity contribution in [2.75, 3.05) is 7.11 Å². The third kappa shape index (κ3) is 3.33. The normalized spacial score (nSPS) is 11.2. The maximum Gasteiger partial charge on any atom is 0.228 e. The summed E-state index contributed by atoms with van der Waals surface area (Å²) in [7, 11) is 1.64. The Hall–Kier alpha value is -4.71. The monoisotopic (exact) mass is 445 g/mol. The summed E-state index contributed by atoms with van der Waals surface area (Å²) in [5.74, 6) is 0.885. The Labute approximate surface area is 195 Å². The standard InChI is InChI=1S/C28H19N3O3/c1-33-20-13-11-18(12-14-20)23-17-25-29-22(15-16-31(25)30-23)26-21-9-5-6-10-24(21)34-28(26)27(32)19-7-3-2-4-8-19/h2-17H,1H3. The van der Waals surface area contributed by atoms with Gasteiger partial charge in [-0.3, -0.25) is 4.79 Å². The van der Waals surface area contributed by atoms with Gasteiger partial charge in [0.25, 0.3) is 0 Å². The Morgan fingerprint density at radius 3 is 2.44 bits per heavy atom. The van der Waals surface area contributed by atoms with Crippen LogP contribution in [0.2, 0.25) is 0 Å². The van der Waals surface area contributed by atoms with Crippen LogP contribution in [-0.4, -0.2) is 27.5 Å². The molecule has 0 amide bonds. The molecule has 6 rings (SSSR count). The molecule has 34 heavy (non-hydrogen) atoms. The minimum atomic E-state index is -0.180. The molecule has 0 unspecified atom stereocenters. The highest BCUT2D eigenvalue weighted by Gasteiger charge is 2.24. The van der Waals surface area contributed by atoms with Gasteiger partial charge in [0.1, 0.15) is 11.3 Å². The summed E-state index contributed by atoms with van der Waals surface area (Å²) in [6.07, 6.45) is 1.85. The summed E-state index contributed by atoms with van der Waals surface area (Å²) in [6.45, 7) is 0. The number of aromatic nitrogens is 3. The predicted octanol–water partition coefficient (Wildman–Crippen LogP) is 6.05. The number of ketones is 1. The first-order valence-electron chi connectivity index (χ1n) is 10.8. The Balaban J connectivity index is 1.49. The van der Waals surface area contributed by atoms with Gasteiger partial charge in [0.05, 0.1) is 24.1 Å². The zero-order valence-corrected chi connectivity index (χ0v) is 18.3. The molecule has 0 radical (unpaired) electrons. The van der Waals surface area contributed by atoms with Crippen LogP contribution < -0.4 is 4.74 Å². The van der Waals surface area contributed by atoms with Gasteiger partial charge < -0.3 is 9.15 Å². The van der Waals surface area contributed by atoms with Gasteiger partial charge in [0, 0.05) is 28.8 Å².